The van der Waals surface area contributed by atoms with Crippen LogP contribution >= 0.6 is 0 Å². The normalized spacial score (nSPS) is 21.7. The van der Waals surface area contributed by atoms with Crippen molar-refractivity contribution in [3.63, 3.8) is 0 Å². The molecule has 0 radical (unpaired) electrons. The number of sulfonamides is 1. The van der Waals surface area contributed by atoms with Crippen molar-refractivity contribution in [1.82, 2.24) is 20.1 Å². The van der Waals surface area contributed by atoms with Gasteiger partial charge in [-0.25, -0.2) is 13.2 Å². The first kappa shape index (κ1) is 24.4. The molecule has 2 unspecified atom stereocenters. The first-order chi connectivity index (χ1) is 15.2. The van der Waals surface area contributed by atoms with Gasteiger partial charge in [-0.05, 0) is 57.3 Å². The molecule has 0 spiro atoms. The highest BCUT2D eigenvalue weighted by Crippen LogP contribution is 2.29. The summed E-state index contributed by atoms with van der Waals surface area (Å²) in [6.45, 7) is 4.27. The quantitative estimate of drug-likeness (QED) is 0.521. The lowest BCUT2D eigenvalue weighted by Crippen LogP contribution is -2.53. The Morgan fingerprint density at radius 3 is 2.50 bits per heavy atom. The third kappa shape index (κ3) is 5.97. The Balaban J connectivity index is 1.85. The molecule has 3 rings (SSSR count). The number of carbonyl (C=O) groups excluding carboxylic acids is 2. The number of nitrogens with zero attached hydrogens (tertiary/aromatic N) is 3. The summed E-state index contributed by atoms with van der Waals surface area (Å²) in [6.07, 6.45) is 3.53. The van der Waals surface area contributed by atoms with Crippen LogP contribution in [0.25, 0.3) is 0 Å². The number of hydrogen-bond acceptors (Lipinski definition) is 7. The molecular weight excluding hydrogens is 434 g/mol. The molecule has 0 saturated carbocycles. The number of piperidine rings is 1. The third-order valence-electron chi connectivity index (χ3n) is 6.00. The number of hydrazine groups is 1. The van der Waals surface area contributed by atoms with Crippen LogP contribution < -0.4 is 14.9 Å². The van der Waals surface area contributed by atoms with Crippen molar-refractivity contribution < 1.29 is 22.7 Å². The van der Waals surface area contributed by atoms with E-state index in [4.69, 9.17) is 4.74 Å². The average Bonchev–Trinajstić information content (AvgIpc) is 3.00. The van der Waals surface area contributed by atoms with Crippen LogP contribution in [0.4, 0.5) is 10.5 Å². The zero-order valence-electron chi connectivity index (χ0n) is 18.9. The highest BCUT2D eigenvalue weighted by atomic mass is 32.2. The van der Waals surface area contributed by atoms with Gasteiger partial charge in [-0.2, -0.15) is 9.73 Å². The minimum Gasteiger partial charge on any atom is -0.468 e. The summed E-state index contributed by atoms with van der Waals surface area (Å²) in [5, 5.41) is 6.75. The van der Waals surface area contributed by atoms with Gasteiger partial charge in [0.1, 0.15) is 12.2 Å². The van der Waals surface area contributed by atoms with Crippen molar-refractivity contribution in [1.29, 1.82) is 0 Å². The highest BCUT2D eigenvalue weighted by molar-refractivity contribution is 7.88. The van der Waals surface area contributed by atoms with Crippen LogP contribution in [0.5, 0.6) is 0 Å². The topological polar surface area (TPSA) is 111 Å². The molecule has 0 aliphatic carbocycles. The van der Waals surface area contributed by atoms with Gasteiger partial charge in [0.25, 0.3) is 0 Å². The summed E-state index contributed by atoms with van der Waals surface area (Å²) in [5.41, 5.74) is 0.741. The minimum atomic E-state index is -3.67. The largest absolute Gasteiger partial charge is 0.468 e. The molecule has 178 valence electrons. The standard InChI is InChI=1S/C21H33N5O5S/c1-16-25(15-19(20(27)31-2)23-32(3,29)30)24(14-11-17-9-12-22-13-10-17)21(28)26(16)18-7-5-4-6-8-18/h4-8,16-17,19,22-23H,9-15H2,1-3H3. The summed E-state index contributed by atoms with van der Waals surface area (Å²) in [5.74, 6) is -0.191. The van der Waals surface area contributed by atoms with Crippen molar-refractivity contribution in [2.45, 2.75) is 38.4 Å². The Morgan fingerprint density at radius 1 is 1.25 bits per heavy atom. The maximum Gasteiger partial charge on any atom is 0.340 e. The molecule has 2 heterocycles. The Morgan fingerprint density at radius 2 is 1.91 bits per heavy atom. The van der Waals surface area contributed by atoms with Crippen LogP contribution in [-0.4, -0.2) is 82.2 Å². The van der Waals surface area contributed by atoms with Crippen LogP contribution in [0, 0.1) is 5.92 Å². The molecule has 0 aromatic heterocycles. The summed E-state index contributed by atoms with van der Waals surface area (Å²) in [7, 11) is -2.45. The number of amides is 2. The number of hydrogen-bond donors (Lipinski definition) is 2. The van der Waals surface area contributed by atoms with E-state index in [-0.39, 0.29) is 12.6 Å². The van der Waals surface area contributed by atoms with Gasteiger partial charge in [0.2, 0.25) is 10.0 Å². The van der Waals surface area contributed by atoms with Gasteiger partial charge in [-0.3, -0.25) is 14.7 Å². The van der Waals surface area contributed by atoms with Crippen LogP contribution in [0.15, 0.2) is 30.3 Å². The van der Waals surface area contributed by atoms with Gasteiger partial charge in [-0.1, -0.05) is 18.2 Å². The van der Waals surface area contributed by atoms with Gasteiger partial charge >= 0.3 is 12.0 Å². The Bertz CT molecular complexity index is 891. The fraction of sp³-hybridized carbons (Fsp3) is 0.619. The van der Waals surface area contributed by atoms with E-state index in [9.17, 15) is 18.0 Å². The fourth-order valence-corrected chi connectivity index (χ4v) is 5.03. The van der Waals surface area contributed by atoms with Crippen LogP contribution in [0.3, 0.4) is 0 Å². The van der Waals surface area contributed by atoms with E-state index >= 15 is 0 Å². The first-order valence-corrected chi connectivity index (χ1v) is 12.8. The number of esters is 1. The number of anilines is 1. The van der Waals surface area contributed by atoms with Crippen molar-refractivity contribution >= 4 is 27.7 Å². The third-order valence-corrected chi connectivity index (χ3v) is 6.71. The maximum absolute atomic E-state index is 13.4. The maximum atomic E-state index is 13.4. The molecule has 2 fully saturated rings. The van der Waals surface area contributed by atoms with Crippen molar-refractivity contribution in [3.05, 3.63) is 30.3 Å². The first-order valence-electron chi connectivity index (χ1n) is 10.9. The number of nitrogens with one attached hydrogen (secondary N) is 2. The van der Waals surface area contributed by atoms with Gasteiger partial charge in [0, 0.05) is 18.8 Å². The van der Waals surface area contributed by atoms with Gasteiger partial charge in [-0.15, -0.1) is 0 Å². The number of urea groups is 1. The second kappa shape index (κ2) is 10.6. The molecule has 1 aromatic carbocycles. The summed E-state index contributed by atoms with van der Waals surface area (Å²) < 4.78 is 30.9. The second-order valence-electron chi connectivity index (χ2n) is 8.31. The zero-order valence-corrected chi connectivity index (χ0v) is 19.7. The van der Waals surface area contributed by atoms with E-state index in [2.05, 4.69) is 10.0 Å². The molecule has 1 aromatic rings. The van der Waals surface area contributed by atoms with Crippen molar-refractivity contribution in [3.8, 4) is 0 Å². The Kier molecular flexibility index (Phi) is 8.10. The molecule has 2 atom stereocenters. The summed E-state index contributed by atoms with van der Waals surface area (Å²) in [4.78, 5) is 27.4. The number of carbonyl (C=O) groups is 2. The smallest absolute Gasteiger partial charge is 0.340 e. The Hall–Kier alpha value is -2.21. The molecule has 2 amide bonds. The van der Waals surface area contributed by atoms with E-state index in [1.165, 1.54) is 7.11 Å². The number of benzene rings is 1. The number of methoxy groups -OCH3 is 1. The van der Waals surface area contributed by atoms with Crippen molar-refractivity contribution in [2.75, 3.05) is 44.4 Å². The van der Waals surface area contributed by atoms with E-state index < -0.39 is 28.2 Å². The van der Waals surface area contributed by atoms with Gasteiger partial charge < -0.3 is 10.1 Å². The van der Waals surface area contributed by atoms with E-state index in [0.29, 0.717) is 12.5 Å². The van der Waals surface area contributed by atoms with Crippen LogP contribution in [-0.2, 0) is 19.6 Å². The highest BCUT2D eigenvalue weighted by Gasteiger charge is 2.44. The molecule has 2 aliphatic rings. The molecule has 2 N–H and O–H groups in total. The number of ether oxygens (including phenoxy) is 1. The number of para-hydroxylation sites is 1. The Labute approximate surface area is 189 Å². The lowest BCUT2D eigenvalue weighted by Gasteiger charge is -2.33. The molecule has 2 aliphatic heterocycles. The molecular formula is C21H33N5O5S. The predicted molar refractivity (Wildman–Crippen MR) is 121 cm³/mol. The van der Waals surface area contributed by atoms with Gasteiger partial charge in [0.15, 0.2) is 0 Å². The van der Waals surface area contributed by atoms with E-state index in [0.717, 1.165) is 44.3 Å². The minimum absolute atomic E-state index is 0.0256. The van der Waals surface area contributed by atoms with E-state index in [1.54, 1.807) is 14.9 Å². The van der Waals surface area contributed by atoms with Crippen molar-refractivity contribution in [2.24, 2.45) is 5.92 Å². The lowest BCUT2D eigenvalue weighted by atomic mass is 9.95. The average molecular weight is 468 g/mol. The lowest BCUT2D eigenvalue weighted by molar-refractivity contribution is -0.144. The zero-order chi connectivity index (χ0) is 23.3. The SMILES string of the molecule is COC(=O)C(CN1C(C)N(c2ccccc2)C(=O)N1CCC1CCNCC1)NS(C)(=O)=O. The summed E-state index contributed by atoms with van der Waals surface area (Å²) >= 11 is 0. The fourth-order valence-electron chi connectivity index (χ4n) is 4.34. The molecule has 0 bridgehead atoms. The van der Waals surface area contributed by atoms with Crippen LogP contribution in [0.1, 0.15) is 26.2 Å². The second-order valence-corrected chi connectivity index (χ2v) is 10.1. The molecule has 10 nitrogen and oxygen atoms in total. The monoisotopic (exact) mass is 467 g/mol. The van der Waals surface area contributed by atoms with E-state index in [1.807, 2.05) is 37.3 Å². The molecule has 2 saturated heterocycles. The molecule has 32 heavy (non-hydrogen) atoms. The summed E-state index contributed by atoms with van der Waals surface area (Å²) in [6, 6.07) is 7.98. The predicted octanol–water partition coefficient (Wildman–Crippen LogP) is 0.972. The number of rotatable bonds is 9. The van der Waals surface area contributed by atoms with Crippen LogP contribution in [0.2, 0.25) is 0 Å². The van der Waals surface area contributed by atoms with Gasteiger partial charge in [0.05, 0.1) is 13.4 Å². The molecule has 11 heteroatoms.